The van der Waals surface area contributed by atoms with Crippen molar-refractivity contribution < 1.29 is 9.53 Å². The molecule has 0 aliphatic heterocycles. The van der Waals surface area contributed by atoms with E-state index in [9.17, 15) is 4.79 Å². The highest BCUT2D eigenvalue weighted by molar-refractivity contribution is 6.30. The third-order valence-corrected chi connectivity index (χ3v) is 4.14. The molecule has 0 saturated carbocycles. The topological polar surface area (TPSA) is 42.4 Å². The van der Waals surface area contributed by atoms with Crippen LogP contribution in [0.1, 0.15) is 22.8 Å². The van der Waals surface area contributed by atoms with Gasteiger partial charge in [0.25, 0.3) is 5.91 Å². The van der Waals surface area contributed by atoms with Gasteiger partial charge in [-0.3, -0.25) is 9.78 Å². The number of pyridine rings is 1. The molecule has 5 heteroatoms. The minimum absolute atomic E-state index is 0.0274. The van der Waals surface area contributed by atoms with Crippen molar-refractivity contribution in [2.45, 2.75) is 13.5 Å². The summed E-state index contributed by atoms with van der Waals surface area (Å²) in [6.45, 7) is 3.09. The van der Waals surface area contributed by atoms with E-state index in [0.29, 0.717) is 35.2 Å². The largest absolute Gasteiger partial charge is 0.456 e. The van der Waals surface area contributed by atoms with Gasteiger partial charge < -0.3 is 9.64 Å². The summed E-state index contributed by atoms with van der Waals surface area (Å²) in [5, 5.41) is 0.669. The summed E-state index contributed by atoms with van der Waals surface area (Å²) < 4.78 is 5.71. The number of halogens is 1. The Bertz CT molecular complexity index is 867. The Hall–Kier alpha value is -2.85. The summed E-state index contributed by atoms with van der Waals surface area (Å²) in [5.74, 6) is 1.29. The number of aromatic nitrogens is 1. The molecule has 0 radical (unpaired) electrons. The molecule has 0 unspecified atom stereocenters. The lowest BCUT2D eigenvalue weighted by atomic mass is 10.1. The molecule has 4 nitrogen and oxygen atoms in total. The zero-order chi connectivity index (χ0) is 18.4. The van der Waals surface area contributed by atoms with Crippen LogP contribution in [0.3, 0.4) is 0 Å². The number of carbonyl (C=O) groups excluding carboxylic acids is 1. The maximum absolute atomic E-state index is 12.8. The van der Waals surface area contributed by atoms with Crippen LogP contribution in [-0.4, -0.2) is 22.3 Å². The predicted molar refractivity (Wildman–Crippen MR) is 103 cm³/mol. The lowest BCUT2D eigenvalue weighted by Crippen LogP contribution is -2.30. The number of ether oxygens (including phenoxy) is 1. The van der Waals surface area contributed by atoms with Crippen molar-refractivity contribution in [3.05, 3.63) is 89.2 Å². The molecule has 3 aromatic rings. The van der Waals surface area contributed by atoms with Crippen LogP contribution in [0.25, 0.3) is 0 Å². The van der Waals surface area contributed by atoms with E-state index in [0.717, 1.165) is 5.56 Å². The summed E-state index contributed by atoms with van der Waals surface area (Å²) in [6.07, 6.45) is 3.33. The van der Waals surface area contributed by atoms with Gasteiger partial charge in [0.2, 0.25) is 0 Å². The van der Waals surface area contributed by atoms with Gasteiger partial charge in [-0.1, -0.05) is 23.7 Å². The van der Waals surface area contributed by atoms with E-state index in [-0.39, 0.29) is 5.91 Å². The number of carbonyl (C=O) groups is 1. The standard InChI is InChI=1S/C21H19ClN2O2/c1-2-24(15-16-5-3-6-18(22)13-16)21(25)17-8-10-19(11-9-17)26-20-7-4-12-23-14-20/h3-14H,2,15H2,1H3. The average molecular weight is 367 g/mol. The third-order valence-electron chi connectivity index (χ3n) is 3.90. The van der Waals surface area contributed by atoms with Gasteiger partial charge in [-0.05, 0) is 61.0 Å². The predicted octanol–water partition coefficient (Wildman–Crippen LogP) is 5.19. The second-order valence-corrected chi connectivity index (χ2v) is 6.20. The van der Waals surface area contributed by atoms with Crippen LogP contribution in [0.2, 0.25) is 5.02 Å². The van der Waals surface area contributed by atoms with Crippen molar-refractivity contribution in [2.75, 3.05) is 6.54 Å². The molecule has 1 aromatic heterocycles. The van der Waals surface area contributed by atoms with Crippen molar-refractivity contribution in [3.8, 4) is 11.5 Å². The molecule has 0 aliphatic rings. The molecular weight excluding hydrogens is 348 g/mol. The summed E-state index contributed by atoms with van der Waals surface area (Å²) in [4.78, 5) is 18.6. The number of amides is 1. The molecule has 1 amide bonds. The fourth-order valence-electron chi connectivity index (χ4n) is 2.57. The van der Waals surface area contributed by atoms with Crippen LogP contribution in [0.5, 0.6) is 11.5 Å². The molecule has 0 N–H and O–H groups in total. The Labute approximate surface area is 158 Å². The van der Waals surface area contributed by atoms with Gasteiger partial charge >= 0.3 is 0 Å². The first kappa shape index (κ1) is 18.0. The highest BCUT2D eigenvalue weighted by Gasteiger charge is 2.15. The van der Waals surface area contributed by atoms with Crippen LogP contribution in [-0.2, 0) is 6.54 Å². The van der Waals surface area contributed by atoms with E-state index in [1.54, 1.807) is 41.6 Å². The highest BCUT2D eigenvalue weighted by Crippen LogP contribution is 2.21. The van der Waals surface area contributed by atoms with Gasteiger partial charge in [0.05, 0.1) is 6.20 Å². The van der Waals surface area contributed by atoms with E-state index in [1.165, 1.54) is 0 Å². The lowest BCUT2D eigenvalue weighted by Gasteiger charge is -2.21. The molecule has 1 heterocycles. The first-order valence-corrected chi connectivity index (χ1v) is 8.75. The summed E-state index contributed by atoms with van der Waals surface area (Å²) >= 11 is 6.03. The number of rotatable bonds is 6. The van der Waals surface area contributed by atoms with E-state index in [2.05, 4.69) is 4.98 Å². The van der Waals surface area contributed by atoms with E-state index < -0.39 is 0 Å². The second-order valence-electron chi connectivity index (χ2n) is 5.76. The van der Waals surface area contributed by atoms with Crippen molar-refractivity contribution in [2.24, 2.45) is 0 Å². The molecule has 0 fully saturated rings. The van der Waals surface area contributed by atoms with Gasteiger partial charge in [0, 0.05) is 29.9 Å². The van der Waals surface area contributed by atoms with E-state index >= 15 is 0 Å². The van der Waals surface area contributed by atoms with Crippen LogP contribution in [0, 0.1) is 0 Å². The molecule has 0 aliphatic carbocycles. The van der Waals surface area contributed by atoms with E-state index in [4.69, 9.17) is 16.3 Å². The van der Waals surface area contributed by atoms with E-state index in [1.807, 2.05) is 43.3 Å². The zero-order valence-electron chi connectivity index (χ0n) is 14.4. The molecule has 0 atom stereocenters. The Morgan fingerprint density at radius 1 is 1.08 bits per heavy atom. The minimum atomic E-state index is -0.0274. The molecule has 26 heavy (non-hydrogen) atoms. The normalized spacial score (nSPS) is 10.4. The van der Waals surface area contributed by atoms with Gasteiger partial charge in [-0.2, -0.15) is 0 Å². The summed E-state index contributed by atoms with van der Waals surface area (Å²) in [7, 11) is 0. The Kier molecular flexibility index (Phi) is 5.87. The van der Waals surface area contributed by atoms with Gasteiger partial charge in [-0.25, -0.2) is 0 Å². The van der Waals surface area contributed by atoms with Crippen LogP contribution in [0.15, 0.2) is 73.1 Å². The first-order valence-electron chi connectivity index (χ1n) is 8.37. The van der Waals surface area contributed by atoms with Crippen molar-refractivity contribution in [1.29, 1.82) is 0 Å². The second kappa shape index (κ2) is 8.50. The fraction of sp³-hybridized carbons (Fsp3) is 0.143. The molecule has 132 valence electrons. The maximum atomic E-state index is 12.8. The van der Waals surface area contributed by atoms with Crippen LogP contribution in [0.4, 0.5) is 0 Å². The smallest absolute Gasteiger partial charge is 0.254 e. The first-order chi connectivity index (χ1) is 12.7. The Morgan fingerprint density at radius 3 is 2.54 bits per heavy atom. The molecule has 0 bridgehead atoms. The maximum Gasteiger partial charge on any atom is 0.254 e. The molecule has 3 rings (SSSR count). The van der Waals surface area contributed by atoms with Crippen LogP contribution >= 0.6 is 11.6 Å². The van der Waals surface area contributed by atoms with Gasteiger partial charge in [0.1, 0.15) is 11.5 Å². The monoisotopic (exact) mass is 366 g/mol. The lowest BCUT2D eigenvalue weighted by molar-refractivity contribution is 0.0752. The van der Waals surface area contributed by atoms with Crippen LogP contribution < -0.4 is 4.74 Å². The molecule has 0 saturated heterocycles. The highest BCUT2D eigenvalue weighted by atomic mass is 35.5. The van der Waals surface area contributed by atoms with Crippen molar-refractivity contribution in [1.82, 2.24) is 9.88 Å². The van der Waals surface area contributed by atoms with Gasteiger partial charge in [0.15, 0.2) is 0 Å². The summed E-state index contributed by atoms with van der Waals surface area (Å²) in [6, 6.07) is 18.3. The number of nitrogens with zero attached hydrogens (tertiary/aromatic N) is 2. The molecule has 0 spiro atoms. The number of hydrogen-bond acceptors (Lipinski definition) is 3. The summed E-state index contributed by atoms with van der Waals surface area (Å²) in [5.41, 5.74) is 1.62. The Balaban J connectivity index is 1.69. The zero-order valence-corrected chi connectivity index (χ0v) is 15.2. The molecule has 2 aromatic carbocycles. The SMILES string of the molecule is CCN(Cc1cccc(Cl)c1)C(=O)c1ccc(Oc2cccnc2)cc1. The number of benzene rings is 2. The number of hydrogen-bond donors (Lipinski definition) is 0. The third kappa shape index (κ3) is 4.61. The van der Waals surface area contributed by atoms with Gasteiger partial charge in [-0.15, -0.1) is 0 Å². The van der Waals surface area contributed by atoms with Crippen molar-refractivity contribution >= 4 is 17.5 Å². The quantitative estimate of drug-likeness (QED) is 0.603. The minimum Gasteiger partial charge on any atom is -0.456 e. The fourth-order valence-corrected chi connectivity index (χ4v) is 2.79. The Morgan fingerprint density at radius 2 is 1.88 bits per heavy atom. The molecular formula is C21H19ClN2O2. The van der Waals surface area contributed by atoms with Crippen molar-refractivity contribution in [3.63, 3.8) is 0 Å². The average Bonchev–Trinajstić information content (AvgIpc) is 2.67.